The summed E-state index contributed by atoms with van der Waals surface area (Å²) in [7, 11) is 1.58. The summed E-state index contributed by atoms with van der Waals surface area (Å²) in [4.78, 5) is 1.47. The summed E-state index contributed by atoms with van der Waals surface area (Å²) in [6.07, 6.45) is -8.63. The van der Waals surface area contributed by atoms with Gasteiger partial charge in [0.2, 0.25) is 0 Å². The van der Waals surface area contributed by atoms with Gasteiger partial charge in [0.15, 0.2) is 5.82 Å². The Morgan fingerprint density at radius 1 is 1.00 bits per heavy atom. The van der Waals surface area contributed by atoms with Crippen LogP contribution in [0, 0.1) is 0 Å². The van der Waals surface area contributed by atoms with Crippen molar-refractivity contribution in [3.05, 3.63) is 76.6 Å². The Morgan fingerprint density at radius 2 is 1.69 bits per heavy atom. The lowest BCUT2D eigenvalue weighted by Crippen LogP contribution is -2.54. The Balaban J connectivity index is 1.43. The number of hydrogen-bond donors (Lipinski definition) is 1. The zero-order valence-electron chi connectivity index (χ0n) is 21.0. The summed E-state index contributed by atoms with van der Waals surface area (Å²) in [6, 6.07) is 11.0. The number of ether oxygens (including phenoxy) is 2. The summed E-state index contributed by atoms with van der Waals surface area (Å²) in [5, 5.41) is 16.5. The normalized spacial score (nSPS) is 25.3. The Bertz CT molecular complexity index is 1250. The molecule has 3 heterocycles. The molecule has 2 aliphatic heterocycles. The monoisotopic (exact) mass is 555 g/mol. The number of tetrazole rings is 1. The first-order valence-corrected chi connectivity index (χ1v) is 12.5. The van der Waals surface area contributed by atoms with Crippen LogP contribution in [0.5, 0.6) is 0 Å². The van der Waals surface area contributed by atoms with Crippen molar-refractivity contribution in [1.82, 2.24) is 25.5 Å². The van der Waals surface area contributed by atoms with Gasteiger partial charge in [0.05, 0.1) is 42.5 Å². The van der Waals surface area contributed by atoms with Gasteiger partial charge in [-0.05, 0) is 53.8 Å². The van der Waals surface area contributed by atoms with Gasteiger partial charge < -0.3 is 14.8 Å². The number of alkyl halides is 6. The number of halogens is 6. The summed E-state index contributed by atoms with van der Waals surface area (Å²) < 4.78 is 91.4. The molecular weight excluding hydrogens is 528 g/mol. The lowest BCUT2D eigenvalue weighted by Gasteiger charge is -2.42. The fraction of sp³-hybridized carbons (Fsp3) is 0.500. The van der Waals surface area contributed by atoms with Gasteiger partial charge in [-0.2, -0.15) is 31.1 Å². The molecular formula is C26H27F6N5O2. The molecule has 2 aromatic carbocycles. The molecule has 4 unspecified atom stereocenters. The van der Waals surface area contributed by atoms with Gasteiger partial charge in [0.25, 0.3) is 0 Å². The van der Waals surface area contributed by atoms with Crippen molar-refractivity contribution in [1.29, 1.82) is 0 Å². The van der Waals surface area contributed by atoms with E-state index in [0.717, 1.165) is 5.56 Å². The fourth-order valence-corrected chi connectivity index (χ4v) is 5.65. The molecule has 5 rings (SSSR count). The van der Waals surface area contributed by atoms with E-state index in [1.165, 1.54) is 4.80 Å². The number of hydrogen-bond acceptors (Lipinski definition) is 6. The summed E-state index contributed by atoms with van der Waals surface area (Å²) >= 11 is 0. The van der Waals surface area contributed by atoms with Gasteiger partial charge in [-0.15, -0.1) is 10.2 Å². The smallest absolute Gasteiger partial charge is 0.383 e. The van der Waals surface area contributed by atoms with Gasteiger partial charge in [0.1, 0.15) is 0 Å². The lowest BCUT2D eigenvalue weighted by atomic mass is 9.80. The molecule has 2 bridgehead atoms. The van der Waals surface area contributed by atoms with E-state index in [0.29, 0.717) is 50.4 Å². The number of nitrogens with zero attached hydrogens (tertiary/aromatic N) is 4. The first-order chi connectivity index (χ1) is 18.5. The maximum Gasteiger partial charge on any atom is 0.416 e. The molecule has 0 saturated carbocycles. The van der Waals surface area contributed by atoms with Crippen LogP contribution in [0.25, 0.3) is 0 Å². The van der Waals surface area contributed by atoms with Crippen molar-refractivity contribution < 1.29 is 35.8 Å². The molecule has 1 aromatic heterocycles. The third kappa shape index (κ3) is 5.66. The predicted octanol–water partition coefficient (Wildman–Crippen LogP) is 5.08. The van der Waals surface area contributed by atoms with E-state index in [-0.39, 0.29) is 23.6 Å². The van der Waals surface area contributed by atoms with Crippen molar-refractivity contribution in [2.45, 2.75) is 68.4 Å². The molecule has 0 spiro atoms. The number of nitrogens with one attached hydrogen (secondary N) is 1. The average Bonchev–Trinajstić information content (AvgIpc) is 3.49. The summed E-state index contributed by atoms with van der Waals surface area (Å²) in [5.41, 5.74) is -2.74. The first kappa shape index (κ1) is 27.5. The van der Waals surface area contributed by atoms with E-state index in [2.05, 4.69) is 20.7 Å². The zero-order valence-corrected chi connectivity index (χ0v) is 21.0. The van der Waals surface area contributed by atoms with Crippen LogP contribution in [0.2, 0.25) is 0 Å². The van der Waals surface area contributed by atoms with Gasteiger partial charge >= 0.3 is 12.4 Å². The van der Waals surface area contributed by atoms with E-state index >= 15 is 0 Å². The molecule has 0 amide bonds. The van der Waals surface area contributed by atoms with Crippen LogP contribution >= 0.6 is 0 Å². The minimum Gasteiger partial charge on any atom is -0.383 e. The maximum absolute atomic E-state index is 13.4. The van der Waals surface area contributed by atoms with Gasteiger partial charge in [-0.25, -0.2) is 0 Å². The van der Waals surface area contributed by atoms with Crippen LogP contribution in [0.3, 0.4) is 0 Å². The number of methoxy groups -OCH3 is 1. The molecule has 1 N–H and O–H groups in total. The molecule has 2 fully saturated rings. The number of benzene rings is 2. The van der Waals surface area contributed by atoms with Gasteiger partial charge in [-0.3, -0.25) is 0 Å². The molecule has 4 atom stereocenters. The summed E-state index contributed by atoms with van der Waals surface area (Å²) in [6.45, 7) is 0.465. The Morgan fingerprint density at radius 3 is 2.33 bits per heavy atom. The molecule has 13 heteroatoms. The molecule has 2 aliphatic rings. The Labute approximate surface area is 220 Å². The summed E-state index contributed by atoms with van der Waals surface area (Å²) in [5.74, 6) is 0.454. The average molecular weight is 556 g/mol. The quantitative estimate of drug-likeness (QED) is 0.391. The van der Waals surface area contributed by atoms with Crippen LogP contribution in [0.1, 0.15) is 53.3 Å². The molecule has 0 radical (unpaired) electrons. The second-order valence-electron chi connectivity index (χ2n) is 9.93. The van der Waals surface area contributed by atoms with Crippen molar-refractivity contribution >= 4 is 0 Å². The van der Waals surface area contributed by atoms with E-state index in [1.54, 1.807) is 7.11 Å². The van der Waals surface area contributed by atoms with Gasteiger partial charge in [0, 0.05) is 19.1 Å². The minimum absolute atomic E-state index is 0.00415. The third-order valence-corrected chi connectivity index (χ3v) is 7.44. The highest BCUT2D eigenvalue weighted by atomic mass is 19.4. The van der Waals surface area contributed by atoms with Crippen molar-refractivity contribution in [2.75, 3.05) is 13.7 Å². The van der Waals surface area contributed by atoms with Crippen molar-refractivity contribution in [3.63, 3.8) is 0 Å². The van der Waals surface area contributed by atoms with Crippen molar-refractivity contribution in [2.24, 2.45) is 0 Å². The minimum atomic E-state index is -4.92. The van der Waals surface area contributed by atoms with Crippen LogP contribution in [0.15, 0.2) is 48.5 Å². The van der Waals surface area contributed by atoms with Crippen LogP contribution < -0.4 is 5.32 Å². The number of aromatic nitrogens is 4. The highest BCUT2D eigenvalue weighted by molar-refractivity contribution is 5.35. The van der Waals surface area contributed by atoms with Crippen LogP contribution in [-0.4, -0.2) is 46.1 Å². The number of piperidine rings is 1. The fourth-order valence-electron chi connectivity index (χ4n) is 5.65. The van der Waals surface area contributed by atoms with E-state index in [1.807, 2.05) is 30.3 Å². The molecule has 2 saturated heterocycles. The first-order valence-electron chi connectivity index (χ1n) is 12.5. The molecule has 210 valence electrons. The zero-order chi connectivity index (χ0) is 27.8. The molecule has 7 nitrogen and oxygen atoms in total. The molecule has 39 heavy (non-hydrogen) atoms. The van der Waals surface area contributed by atoms with E-state index in [9.17, 15) is 26.3 Å². The predicted molar refractivity (Wildman–Crippen MR) is 126 cm³/mol. The largest absolute Gasteiger partial charge is 0.416 e. The number of fused-ring (bicyclic) bond motifs is 2. The van der Waals surface area contributed by atoms with Gasteiger partial charge in [-0.1, -0.05) is 30.3 Å². The van der Waals surface area contributed by atoms with Crippen LogP contribution in [-0.2, 0) is 40.5 Å². The standard InChI is InChI=1S/C26H27F6N5O2/c1-38-10-9-37-35-23(34-36-37)20-14-24(17-5-3-2-4-6-17)22(8-7-21(20)33-24)39-15-16-11-18(25(27,28)29)13-19(12-16)26(30,31)32/h2-6,11-13,20-22,33H,7-10,14-15H2,1H3. The van der Waals surface area contributed by atoms with E-state index < -0.39 is 41.7 Å². The highest BCUT2D eigenvalue weighted by Gasteiger charge is 2.55. The molecule has 3 aromatic rings. The molecule has 0 aliphatic carbocycles. The third-order valence-electron chi connectivity index (χ3n) is 7.44. The van der Waals surface area contributed by atoms with Crippen molar-refractivity contribution in [3.8, 4) is 0 Å². The van der Waals surface area contributed by atoms with E-state index in [4.69, 9.17) is 9.47 Å². The SMILES string of the molecule is COCCn1nnc(C2CC3(c4ccccc4)NC2CCC3OCc2cc(C(F)(F)F)cc(C(F)(F)F)c2)n1. The Kier molecular flexibility index (Phi) is 7.42. The number of rotatable bonds is 8. The van der Waals surface area contributed by atoms with Crippen LogP contribution in [0.4, 0.5) is 26.3 Å². The Hall–Kier alpha value is -3.03. The highest BCUT2D eigenvalue weighted by Crippen LogP contribution is 2.50. The lowest BCUT2D eigenvalue weighted by molar-refractivity contribution is -0.143. The second kappa shape index (κ2) is 10.5. The second-order valence-corrected chi connectivity index (χ2v) is 9.93. The maximum atomic E-state index is 13.4. The topological polar surface area (TPSA) is 74.1 Å².